The van der Waals surface area contributed by atoms with Crippen LogP contribution in [0.3, 0.4) is 0 Å². The molecule has 0 amide bonds. The highest BCUT2D eigenvalue weighted by molar-refractivity contribution is 7.91. The molecule has 5 nitrogen and oxygen atoms in total. The fourth-order valence-electron chi connectivity index (χ4n) is 3.54. The zero-order valence-electron chi connectivity index (χ0n) is 14.9. The summed E-state index contributed by atoms with van der Waals surface area (Å²) in [6, 6.07) is 11.0. The second-order valence-electron chi connectivity index (χ2n) is 6.89. The summed E-state index contributed by atoms with van der Waals surface area (Å²) < 4.78 is 28.5. The summed E-state index contributed by atoms with van der Waals surface area (Å²) in [5, 5.41) is 5.28. The minimum absolute atomic E-state index is 0.0584. The third-order valence-electron chi connectivity index (χ3n) is 4.93. The number of pyridine rings is 1. The van der Waals surface area contributed by atoms with Gasteiger partial charge in [0.15, 0.2) is 0 Å². The van der Waals surface area contributed by atoms with Gasteiger partial charge >= 0.3 is 0 Å². The highest BCUT2D eigenvalue weighted by atomic mass is 35.5. The monoisotopic (exact) mass is 455 g/mol. The van der Waals surface area contributed by atoms with Crippen LogP contribution in [0, 0.1) is 0 Å². The van der Waals surface area contributed by atoms with Crippen molar-refractivity contribution >= 4 is 61.2 Å². The summed E-state index contributed by atoms with van der Waals surface area (Å²) in [6.07, 6.45) is 5.11. The summed E-state index contributed by atoms with van der Waals surface area (Å²) >= 11 is 13.0. The van der Waals surface area contributed by atoms with Gasteiger partial charge in [0, 0.05) is 34.4 Å². The molecule has 0 radical (unpaired) electrons. The van der Waals surface area contributed by atoms with Crippen molar-refractivity contribution in [2.24, 2.45) is 0 Å². The van der Waals surface area contributed by atoms with Crippen LogP contribution in [0.5, 0.6) is 0 Å². The Morgan fingerprint density at radius 1 is 1.00 bits per heavy atom. The summed E-state index contributed by atoms with van der Waals surface area (Å²) in [7, 11) is -3.51. The molecule has 1 aromatic carbocycles. The number of halogens is 2. The van der Waals surface area contributed by atoms with Crippen LogP contribution in [0.25, 0.3) is 10.9 Å². The Morgan fingerprint density at radius 3 is 2.46 bits per heavy atom. The van der Waals surface area contributed by atoms with Crippen molar-refractivity contribution < 1.29 is 8.42 Å². The van der Waals surface area contributed by atoms with E-state index in [2.05, 4.69) is 15.0 Å². The van der Waals surface area contributed by atoms with Crippen LogP contribution in [-0.4, -0.2) is 25.5 Å². The van der Waals surface area contributed by atoms with Gasteiger partial charge in [-0.15, -0.1) is 11.3 Å². The van der Waals surface area contributed by atoms with E-state index in [4.69, 9.17) is 23.2 Å². The number of anilines is 1. The molecule has 0 unspecified atom stereocenters. The molecular formula is C19H19Cl2N3O2S2. The van der Waals surface area contributed by atoms with E-state index in [-0.39, 0.29) is 10.3 Å². The van der Waals surface area contributed by atoms with Crippen LogP contribution in [0.15, 0.2) is 46.8 Å². The van der Waals surface area contributed by atoms with Gasteiger partial charge in [-0.05, 0) is 62.1 Å². The Morgan fingerprint density at radius 2 is 1.75 bits per heavy atom. The fraction of sp³-hybridized carbons (Fsp3) is 0.316. The number of nitrogens with one attached hydrogen (secondary N) is 2. The maximum Gasteiger partial charge on any atom is 0.250 e. The van der Waals surface area contributed by atoms with Crippen LogP contribution in [0.4, 0.5) is 5.69 Å². The molecule has 1 aliphatic carbocycles. The zero-order chi connectivity index (χ0) is 19.7. The Bertz CT molecular complexity index is 1090. The first kappa shape index (κ1) is 19.9. The van der Waals surface area contributed by atoms with Crippen molar-refractivity contribution in [1.29, 1.82) is 0 Å². The van der Waals surface area contributed by atoms with E-state index in [1.165, 1.54) is 0 Å². The molecule has 2 heterocycles. The Kier molecular flexibility index (Phi) is 5.81. The van der Waals surface area contributed by atoms with Gasteiger partial charge in [-0.3, -0.25) is 4.98 Å². The van der Waals surface area contributed by atoms with Gasteiger partial charge in [-0.1, -0.05) is 23.2 Å². The van der Waals surface area contributed by atoms with Crippen molar-refractivity contribution in [1.82, 2.24) is 9.71 Å². The molecule has 2 aromatic heterocycles. The van der Waals surface area contributed by atoms with Crippen molar-refractivity contribution in [2.45, 2.75) is 42.0 Å². The van der Waals surface area contributed by atoms with E-state index >= 15 is 0 Å². The topological polar surface area (TPSA) is 71.1 Å². The molecule has 0 spiro atoms. The number of fused-ring (bicyclic) bond motifs is 1. The molecule has 0 bridgehead atoms. The van der Waals surface area contributed by atoms with E-state index < -0.39 is 10.0 Å². The second-order valence-corrected chi connectivity index (χ2v) is 11.0. The highest BCUT2D eigenvalue weighted by Gasteiger charge is 2.26. The Balaban J connectivity index is 1.38. The predicted molar refractivity (Wildman–Crippen MR) is 116 cm³/mol. The highest BCUT2D eigenvalue weighted by Crippen LogP contribution is 2.30. The van der Waals surface area contributed by atoms with Gasteiger partial charge in [0.2, 0.25) is 10.0 Å². The third kappa shape index (κ3) is 4.44. The number of hydrogen-bond donors (Lipinski definition) is 2. The molecule has 2 N–H and O–H groups in total. The molecule has 148 valence electrons. The second kappa shape index (κ2) is 8.16. The van der Waals surface area contributed by atoms with Crippen LogP contribution in [-0.2, 0) is 10.0 Å². The maximum atomic E-state index is 12.5. The smallest absolute Gasteiger partial charge is 0.250 e. The lowest BCUT2D eigenvalue weighted by Crippen LogP contribution is -2.39. The van der Waals surface area contributed by atoms with Gasteiger partial charge < -0.3 is 5.32 Å². The van der Waals surface area contributed by atoms with E-state index in [0.717, 1.165) is 53.6 Å². The SMILES string of the molecule is O=S(=O)(NC1CCC(Nc2ccnc3cc(Cl)ccc23)CC1)c1ccc(Cl)s1. The Labute approximate surface area is 178 Å². The predicted octanol–water partition coefficient (Wildman–Crippen LogP) is 5.30. The number of nitrogens with zero attached hydrogens (tertiary/aromatic N) is 1. The fourth-order valence-corrected chi connectivity index (χ4v) is 6.51. The molecule has 9 heteroatoms. The first-order valence-corrected chi connectivity index (χ1v) is 12.0. The summed E-state index contributed by atoms with van der Waals surface area (Å²) in [5.74, 6) is 0. The van der Waals surface area contributed by atoms with Crippen LogP contribution in [0.2, 0.25) is 9.36 Å². The van der Waals surface area contributed by atoms with E-state index in [1.807, 2.05) is 24.3 Å². The Hall–Kier alpha value is -1.38. The maximum absolute atomic E-state index is 12.5. The lowest BCUT2D eigenvalue weighted by molar-refractivity contribution is 0.387. The molecule has 0 aliphatic heterocycles. The standard InChI is InChI=1S/C19H19Cl2N3O2S2/c20-12-1-6-15-16(9-10-22-17(15)11-12)23-13-2-4-14(5-3-13)24-28(25,26)19-8-7-18(21)27-19/h1,6-11,13-14,24H,2-5H2,(H,22,23). The number of sulfonamides is 1. The van der Waals surface area contributed by atoms with Gasteiger partial charge in [0.05, 0.1) is 9.85 Å². The largest absolute Gasteiger partial charge is 0.382 e. The third-order valence-corrected chi connectivity index (χ3v) is 8.41. The number of rotatable bonds is 5. The molecule has 1 saturated carbocycles. The lowest BCUT2D eigenvalue weighted by atomic mass is 9.91. The molecule has 0 atom stereocenters. The van der Waals surface area contributed by atoms with Crippen molar-refractivity contribution in [3.8, 4) is 0 Å². The summed E-state index contributed by atoms with van der Waals surface area (Å²) in [4.78, 5) is 4.37. The van der Waals surface area contributed by atoms with E-state index in [0.29, 0.717) is 15.4 Å². The molecule has 1 fully saturated rings. The van der Waals surface area contributed by atoms with Crippen LogP contribution < -0.4 is 10.0 Å². The average molecular weight is 456 g/mol. The molecule has 4 rings (SSSR count). The average Bonchev–Trinajstić information content (AvgIpc) is 3.10. The molecular weight excluding hydrogens is 437 g/mol. The first-order valence-electron chi connectivity index (χ1n) is 8.99. The minimum Gasteiger partial charge on any atom is -0.382 e. The lowest BCUT2D eigenvalue weighted by Gasteiger charge is -2.30. The summed E-state index contributed by atoms with van der Waals surface area (Å²) in [6.45, 7) is 0. The van der Waals surface area contributed by atoms with E-state index in [9.17, 15) is 8.42 Å². The molecule has 0 saturated heterocycles. The van der Waals surface area contributed by atoms with Gasteiger partial charge in [-0.25, -0.2) is 13.1 Å². The van der Waals surface area contributed by atoms with E-state index in [1.54, 1.807) is 18.3 Å². The van der Waals surface area contributed by atoms with Gasteiger partial charge in [0.25, 0.3) is 0 Å². The minimum atomic E-state index is -3.51. The number of hydrogen-bond acceptors (Lipinski definition) is 5. The number of thiophene rings is 1. The van der Waals surface area contributed by atoms with Crippen molar-refractivity contribution in [2.75, 3.05) is 5.32 Å². The quantitative estimate of drug-likeness (QED) is 0.546. The van der Waals surface area contributed by atoms with Crippen LogP contribution >= 0.6 is 34.5 Å². The molecule has 1 aliphatic rings. The summed E-state index contributed by atoms with van der Waals surface area (Å²) in [5.41, 5.74) is 1.88. The molecule has 28 heavy (non-hydrogen) atoms. The molecule has 3 aromatic rings. The number of aromatic nitrogens is 1. The zero-order valence-corrected chi connectivity index (χ0v) is 18.0. The van der Waals surface area contributed by atoms with Gasteiger partial charge in [-0.2, -0.15) is 0 Å². The van der Waals surface area contributed by atoms with Crippen LogP contribution in [0.1, 0.15) is 25.7 Å². The normalized spacial score (nSPS) is 20.4. The number of benzene rings is 1. The van der Waals surface area contributed by atoms with Crippen molar-refractivity contribution in [3.63, 3.8) is 0 Å². The van der Waals surface area contributed by atoms with Crippen molar-refractivity contribution in [3.05, 3.63) is 52.0 Å². The van der Waals surface area contributed by atoms with Gasteiger partial charge in [0.1, 0.15) is 4.21 Å². The first-order chi connectivity index (χ1) is 13.4.